The van der Waals surface area contributed by atoms with E-state index in [0.29, 0.717) is 0 Å². The van der Waals surface area contributed by atoms with Crippen molar-refractivity contribution in [3.8, 4) is 0 Å². The molecule has 0 saturated carbocycles. The van der Waals surface area contributed by atoms with Crippen LogP contribution in [0.5, 0.6) is 0 Å². The van der Waals surface area contributed by atoms with E-state index in [1.807, 2.05) is 26.2 Å². The molecule has 4 nitrogen and oxygen atoms in total. The van der Waals surface area contributed by atoms with Gasteiger partial charge < -0.3 is 19.1 Å². The van der Waals surface area contributed by atoms with Gasteiger partial charge in [0.15, 0.2) is 16.6 Å². The van der Waals surface area contributed by atoms with Crippen molar-refractivity contribution in [2.24, 2.45) is 0 Å². The van der Waals surface area contributed by atoms with Crippen LogP contribution in [0.2, 0.25) is 38.3 Å². The zero-order valence-electron chi connectivity index (χ0n) is 13.8. The smallest absolute Gasteiger partial charge is 0.182 e. The molecular formula is C14H34O4Si2. The van der Waals surface area contributed by atoms with Crippen LogP contribution < -0.4 is 0 Å². The van der Waals surface area contributed by atoms with Gasteiger partial charge in [-0.2, -0.15) is 0 Å². The van der Waals surface area contributed by atoms with E-state index in [9.17, 15) is 9.59 Å². The first-order chi connectivity index (χ1) is 9.21. The lowest BCUT2D eigenvalue weighted by atomic mass is 10.3. The summed E-state index contributed by atoms with van der Waals surface area (Å²) in [5.74, 6) is 0. The fourth-order valence-electron chi connectivity index (χ4n) is 1.83. The summed E-state index contributed by atoms with van der Waals surface area (Å²) in [7, 11) is -3.76. The van der Waals surface area contributed by atoms with Gasteiger partial charge in [0, 0.05) is 26.4 Å². The van der Waals surface area contributed by atoms with Crippen LogP contribution in [0.4, 0.5) is 0 Å². The largest absolute Gasteiger partial charge is 0.432 e. The Balaban J connectivity index is 3.10. The van der Waals surface area contributed by atoms with Gasteiger partial charge in [-0.15, -0.1) is 0 Å². The van der Waals surface area contributed by atoms with E-state index in [-0.39, 0.29) is 0 Å². The molecule has 0 atom stereocenters. The monoisotopic (exact) mass is 322 g/mol. The first-order valence-corrected chi connectivity index (χ1v) is 14.1. The Labute approximate surface area is 126 Å². The summed E-state index contributed by atoms with van der Waals surface area (Å²) in [4.78, 5) is 19.3. The maximum atomic E-state index is 9.67. The molecule has 0 bridgehead atoms. The minimum atomic E-state index is -1.88. The number of hydrogen-bond acceptors (Lipinski definition) is 4. The third-order valence-corrected chi connectivity index (χ3v) is 6.14. The van der Waals surface area contributed by atoms with Crippen LogP contribution in [-0.2, 0) is 9.47 Å². The van der Waals surface area contributed by atoms with Crippen LogP contribution in [0.15, 0.2) is 0 Å². The van der Waals surface area contributed by atoms with E-state index in [2.05, 4.69) is 0 Å². The molecule has 20 heavy (non-hydrogen) atoms. The number of unbranched alkanes of at least 4 members (excludes halogenated alkanes) is 1. The highest BCUT2D eigenvalue weighted by Gasteiger charge is 2.16. The third kappa shape index (κ3) is 18.3. The lowest BCUT2D eigenvalue weighted by molar-refractivity contribution is 0.103. The van der Waals surface area contributed by atoms with Crippen molar-refractivity contribution in [2.75, 3.05) is 26.4 Å². The molecule has 2 N–H and O–H groups in total. The molecule has 6 heteroatoms. The van der Waals surface area contributed by atoms with E-state index in [1.54, 1.807) is 0 Å². The minimum Gasteiger partial charge on any atom is -0.432 e. The molecule has 0 aliphatic carbocycles. The standard InChI is InChI=1S/C14H34O4Si2/c1-19(2,15)13-7-11-17-9-5-6-10-18-12-8-14-20(3,4)16/h15-16H,5-14H2,1-4H3. The van der Waals surface area contributed by atoms with Crippen LogP contribution in [0.3, 0.4) is 0 Å². The average molecular weight is 323 g/mol. The van der Waals surface area contributed by atoms with Crippen molar-refractivity contribution in [1.29, 1.82) is 0 Å². The molecule has 0 spiro atoms. The molecule has 0 aliphatic heterocycles. The summed E-state index contributed by atoms with van der Waals surface area (Å²) in [6.07, 6.45) is 3.99. The van der Waals surface area contributed by atoms with Crippen molar-refractivity contribution in [3.05, 3.63) is 0 Å². The van der Waals surface area contributed by atoms with E-state index in [4.69, 9.17) is 9.47 Å². The molecule has 0 aromatic heterocycles. The zero-order chi connectivity index (χ0) is 15.5. The van der Waals surface area contributed by atoms with Crippen LogP contribution in [0, 0.1) is 0 Å². The Morgan fingerprint density at radius 1 is 0.600 bits per heavy atom. The highest BCUT2D eigenvalue weighted by Crippen LogP contribution is 2.08. The van der Waals surface area contributed by atoms with Crippen molar-refractivity contribution >= 4 is 16.6 Å². The molecule has 0 fully saturated rings. The molecule has 0 unspecified atom stereocenters. The topological polar surface area (TPSA) is 58.9 Å². The highest BCUT2D eigenvalue weighted by molar-refractivity contribution is 6.70. The number of rotatable bonds is 13. The van der Waals surface area contributed by atoms with Gasteiger partial charge in [-0.25, -0.2) is 0 Å². The second-order valence-electron chi connectivity index (χ2n) is 6.76. The van der Waals surface area contributed by atoms with E-state index >= 15 is 0 Å². The summed E-state index contributed by atoms with van der Waals surface area (Å²) in [5, 5.41) is 0. The van der Waals surface area contributed by atoms with Gasteiger partial charge in [0.2, 0.25) is 0 Å². The molecule has 0 aliphatic rings. The minimum absolute atomic E-state index is 0.758. The molecule has 0 aromatic rings. The third-order valence-electron chi connectivity index (χ3n) is 2.98. The summed E-state index contributed by atoms with van der Waals surface area (Å²) in [6.45, 7) is 10.9. The van der Waals surface area contributed by atoms with Crippen molar-refractivity contribution in [1.82, 2.24) is 0 Å². The number of hydrogen-bond donors (Lipinski definition) is 2. The molecule has 0 radical (unpaired) electrons. The van der Waals surface area contributed by atoms with Gasteiger partial charge in [0.05, 0.1) is 0 Å². The SMILES string of the molecule is C[Si](C)(O)CCCOCCCCOCCC[Si](C)(C)O. The normalized spacial score (nSPS) is 12.9. The summed E-state index contributed by atoms with van der Waals surface area (Å²) < 4.78 is 11.1. The van der Waals surface area contributed by atoms with Gasteiger partial charge >= 0.3 is 0 Å². The molecule has 0 rings (SSSR count). The molecule has 0 heterocycles. The Morgan fingerprint density at radius 2 is 0.900 bits per heavy atom. The summed E-state index contributed by atoms with van der Waals surface area (Å²) >= 11 is 0. The van der Waals surface area contributed by atoms with E-state index in [0.717, 1.165) is 64.2 Å². The Bertz CT molecular complexity index is 200. The first kappa shape index (κ1) is 20.3. The van der Waals surface area contributed by atoms with Crippen LogP contribution >= 0.6 is 0 Å². The predicted octanol–water partition coefficient (Wildman–Crippen LogP) is 2.97. The quantitative estimate of drug-likeness (QED) is 0.404. The summed E-state index contributed by atoms with van der Waals surface area (Å²) in [6, 6.07) is 1.83. The van der Waals surface area contributed by atoms with Gasteiger partial charge in [-0.3, -0.25) is 0 Å². The molecule has 0 aromatic carbocycles. The van der Waals surface area contributed by atoms with Gasteiger partial charge in [-0.1, -0.05) is 0 Å². The first-order valence-electron chi connectivity index (χ1n) is 7.81. The second kappa shape index (κ2) is 10.9. The Hall–Kier alpha value is 0.274. The zero-order valence-corrected chi connectivity index (χ0v) is 15.8. The highest BCUT2D eigenvalue weighted by atomic mass is 28.4. The Kier molecular flexibility index (Phi) is 11.1. The van der Waals surface area contributed by atoms with Gasteiger partial charge in [-0.05, 0) is 64.0 Å². The van der Waals surface area contributed by atoms with E-state index < -0.39 is 16.6 Å². The fraction of sp³-hybridized carbons (Fsp3) is 1.00. The second-order valence-corrected chi connectivity index (χ2v) is 15.0. The molecule has 0 saturated heterocycles. The predicted molar refractivity (Wildman–Crippen MR) is 89.1 cm³/mol. The van der Waals surface area contributed by atoms with Crippen LogP contribution in [0.1, 0.15) is 25.7 Å². The lowest BCUT2D eigenvalue weighted by Gasteiger charge is -2.13. The maximum Gasteiger partial charge on any atom is 0.182 e. The summed E-state index contributed by atoms with van der Waals surface area (Å²) in [5.41, 5.74) is 0. The van der Waals surface area contributed by atoms with Crippen molar-refractivity contribution < 1.29 is 19.1 Å². The Morgan fingerprint density at radius 3 is 1.20 bits per heavy atom. The van der Waals surface area contributed by atoms with Crippen LogP contribution in [-0.4, -0.2) is 52.7 Å². The maximum absolute atomic E-state index is 9.67. The van der Waals surface area contributed by atoms with Crippen molar-refractivity contribution in [2.45, 2.75) is 64.0 Å². The molecule has 0 amide bonds. The average Bonchev–Trinajstić information content (AvgIpc) is 2.27. The fourth-order valence-corrected chi connectivity index (χ4v) is 3.85. The van der Waals surface area contributed by atoms with Crippen molar-refractivity contribution in [3.63, 3.8) is 0 Å². The molecule has 122 valence electrons. The lowest BCUT2D eigenvalue weighted by Crippen LogP contribution is -2.24. The van der Waals surface area contributed by atoms with E-state index in [1.165, 1.54) is 0 Å². The van der Waals surface area contributed by atoms with Gasteiger partial charge in [0.1, 0.15) is 0 Å². The van der Waals surface area contributed by atoms with Gasteiger partial charge in [0.25, 0.3) is 0 Å². The molecular weight excluding hydrogens is 288 g/mol. The van der Waals surface area contributed by atoms with Crippen LogP contribution in [0.25, 0.3) is 0 Å². The number of ether oxygens (including phenoxy) is 2.